The average molecular weight is 305 g/mol. The fraction of sp³-hybridized carbons (Fsp3) is 0.667. The van der Waals surface area contributed by atoms with Crippen LogP contribution in [0.1, 0.15) is 37.8 Å². The Hall–Kier alpha value is -0.510. The lowest BCUT2D eigenvalue weighted by Crippen LogP contribution is -2.39. The molecule has 1 heterocycles. The molecule has 2 nitrogen and oxygen atoms in total. The summed E-state index contributed by atoms with van der Waals surface area (Å²) in [5.74, 6) is 0. The minimum absolute atomic E-state index is 0.765. The molecule has 1 saturated heterocycles. The van der Waals surface area contributed by atoms with Crippen molar-refractivity contribution >= 4 is 11.8 Å². The van der Waals surface area contributed by atoms with Crippen molar-refractivity contribution in [3.63, 3.8) is 0 Å². The summed E-state index contributed by atoms with van der Waals surface area (Å²) in [5, 5.41) is 5.12. The van der Waals surface area contributed by atoms with Gasteiger partial charge in [-0.15, -0.1) is 0 Å². The highest BCUT2D eigenvalue weighted by Gasteiger charge is 2.22. The van der Waals surface area contributed by atoms with Gasteiger partial charge in [0.15, 0.2) is 0 Å². The second kappa shape index (κ2) is 7.17. The first-order valence-corrected chi connectivity index (χ1v) is 9.32. The van der Waals surface area contributed by atoms with Crippen LogP contribution in [-0.4, -0.2) is 41.1 Å². The zero-order valence-corrected chi connectivity index (χ0v) is 14.2. The molecule has 2 atom stereocenters. The Morgan fingerprint density at radius 3 is 2.29 bits per heavy atom. The summed E-state index contributed by atoms with van der Waals surface area (Å²) in [7, 11) is 0. The molecule has 0 amide bonds. The molecule has 1 aromatic rings. The van der Waals surface area contributed by atoms with E-state index < -0.39 is 0 Å². The lowest BCUT2D eigenvalue weighted by atomic mass is 10.1. The van der Waals surface area contributed by atoms with E-state index in [0.717, 1.165) is 36.1 Å². The van der Waals surface area contributed by atoms with Gasteiger partial charge >= 0.3 is 0 Å². The fourth-order valence-corrected chi connectivity index (χ4v) is 4.58. The maximum Gasteiger partial charge on any atom is 0.0234 e. The topological polar surface area (TPSA) is 15.3 Å². The van der Waals surface area contributed by atoms with Gasteiger partial charge in [0.1, 0.15) is 0 Å². The van der Waals surface area contributed by atoms with Crippen molar-refractivity contribution in [3.05, 3.63) is 35.4 Å². The van der Waals surface area contributed by atoms with Gasteiger partial charge in [-0.05, 0) is 36.9 Å². The maximum absolute atomic E-state index is 3.58. The fourth-order valence-electron chi connectivity index (χ4n) is 3.19. The van der Waals surface area contributed by atoms with Gasteiger partial charge in [0.05, 0.1) is 0 Å². The monoisotopic (exact) mass is 304 g/mol. The first-order chi connectivity index (χ1) is 10.2. The van der Waals surface area contributed by atoms with Crippen LogP contribution in [0.3, 0.4) is 0 Å². The van der Waals surface area contributed by atoms with E-state index in [1.807, 2.05) is 0 Å². The van der Waals surface area contributed by atoms with Crippen LogP contribution in [0.25, 0.3) is 0 Å². The van der Waals surface area contributed by atoms with Crippen molar-refractivity contribution in [2.45, 2.75) is 56.2 Å². The van der Waals surface area contributed by atoms with E-state index in [2.05, 4.69) is 60.1 Å². The zero-order chi connectivity index (χ0) is 14.7. The Labute approximate surface area is 133 Å². The molecule has 0 aromatic heterocycles. The van der Waals surface area contributed by atoms with E-state index in [0.29, 0.717) is 0 Å². The molecule has 21 heavy (non-hydrogen) atoms. The first-order valence-electron chi connectivity index (χ1n) is 8.38. The Morgan fingerprint density at radius 2 is 1.67 bits per heavy atom. The smallest absolute Gasteiger partial charge is 0.0234 e. The Morgan fingerprint density at radius 1 is 1.05 bits per heavy atom. The van der Waals surface area contributed by atoms with Crippen LogP contribution < -0.4 is 5.32 Å². The molecule has 2 unspecified atom stereocenters. The minimum Gasteiger partial charge on any atom is -0.314 e. The zero-order valence-electron chi connectivity index (χ0n) is 13.3. The van der Waals surface area contributed by atoms with Crippen molar-refractivity contribution < 1.29 is 0 Å². The Bertz CT molecular complexity index is 431. The molecule has 1 aliphatic heterocycles. The van der Waals surface area contributed by atoms with Crippen molar-refractivity contribution in [3.8, 4) is 0 Å². The van der Waals surface area contributed by atoms with E-state index in [1.54, 1.807) is 0 Å². The minimum atomic E-state index is 0.765. The third kappa shape index (κ3) is 5.01. The van der Waals surface area contributed by atoms with Crippen molar-refractivity contribution in [1.29, 1.82) is 0 Å². The molecule has 1 aliphatic carbocycles. The molecule has 0 bridgehead atoms. The quantitative estimate of drug-likeness (QED) is 0.868. The third-order valence-electron chi connectivity index (χ3n) is 4.35. The number of rotatable bonds is 6. The van der Waals surface area contributed by atoms with Gasteiger partial charge < -0.3 is 5.32 Å². The van der Waals surface area contributed by atoms with E-state index in [1.165, 1.54) is 37.1 Å². The molecule has 1 aromatic carbocycles. The summed E-state index contributed by atoms with van der Waals surface area (Å²) >= 11 is 2.13. The second-order valence-electron chi connectivity index (χ2n) is 6.75. The van der Waals surface area contributed by atoms with Crippen LogP contribution in [0.15, 0.2) is 24.3 Å². The standard InChI is InChI=1S/C18H28N2S/c1-14-11-20(12-15(2)21-14)13-17-5-3-16(4-6-17)9-10-19-18-7-8-18/h3-6,14-15,18-19H,7-13H2,1-2H3. The SMILES string of the molecule is CC1CN(Cc2ccc(CCNC3CC3)cc2)CC(C)S1. The highest BCUT2D eigenvalue weighted by atomic mass is 32.2. The maximum atomic E-state index is 3.58. The summed E-state index contributed by atoms with van der Waals surface area (Å²) in [6.07, 6.45) is 3.92. The molecule has 2 aliphatic rings. The van der Waals surface area contributed by atoms with Gasteiger partial charge in [-0.1, -0.05) is 38.1 Å². The summed E-state index contributed by atoms with van der Waals surface area (Å²) in [4.78, 5) is 2.61. The van der Waals surface area contributed by atoms with Crippen LogP contribution >= 0.6 is 11.8 Å². The molecule has 116 valence electrons. The Balaban J connectivity index is 1.46. The summed E-state index contributed by atoms with van der Waals surface area (Å²) in [6.45, 7) is 9.38. The summed E-state index contributed by atoms with van der Waals surface area (Å²) < 4.78 is 0. The second-order valence-corrected chi connectivity index (χ2v) is 8.63. The molecule has 2 fully saturated rings. The Kier molecular flexibility index (Phi) is 5.25. The number of benzene rings is 1. The van der Waals surface area contributed by atoms with Crippen LogP contribution in [0, 0.1) is 0 Å². The predicted octanol–water partition coefficient (Wildman–Crippen LogP) is 3.31. The van der Waals surface area contributed by atoms with E-state index >= 15 is 0 Å². The van der Waals surface area contributed by atoms with Gasteiger partial charge in [-0.3, -0.25) is 4.90 Å². The van der Waals surface area contributed by atoms with Gasteiger partial charge in [0, 0.05) is 36.2 Å². The summed E-state index contributed by atoms with van der Waals surface area (Å²) in [5.41, 5.74) is 2.92. The van der Waals surface area contributed by atoms with Crippen molar-refractivity contribution in [1.82, 2.24) is 10.2 Å². The van der Waals surface area contributed by atoms with Gasteiger partial charge in [0.25, 0.3) is 0 Å². The van der Waals surface area contributed by atoms with E-state index in [4.69, 9.17) is 0 Å². The lowest BCUT2D eigenvalue weighted by Gasteiger charge is -2.34. The molecule has 1 N–H and O–H groups in total. The molecule has 0 spiro atoms. The number of hydrogen-bond acceptors (Lipinski definition) is 3. The highest BCUT2D eigenvalue weighted by molar-refractivity contribution is 8.00. The van der Waals surface area contributed by atoms with E-state index in [-0.39, 0.29) is 0 Å². The van der Waals surface area contributed by atoms with Crippen LogP contribution in [0.2, 0.25) is 0 Å². The molecule has 3 heteroatoms. The lowest BCUT2D eigenvalue weighted by molar-refractivity contribution is 0.263. The van der Waals surface area contributed by atoms with Gasteiger partial charge in [0.2, 0.25) is 0 Å². The van der Waals surface area contributed by atoms with Crippen molar-refractivity contribution in [2.75, 3.05) is 19.6 Å². The first kappa shape index (κ1) is 15.4. The summed E-state index contributed by atoms with van der Waals surface area (Å²) in [6, 6.07) is 10.1. The molecular formula is C18H28N2S. The number of nitrogens with one attached hydrogen (secondary N) is 1. The largest absolute Gasteiger partial charge is 0.314 e. The normalized spacial score (nSPS) is 27.0. The molecule has 1 saturated carbocycles. The van der Waals surface area contributed by atoms with Gasteiger partial charge in [-0.2, -0.15) is 11.8 Å². The molecular weight excluding hydrogens is 276 g/mol. The predicted molar refractivity (Wildman–Crippen MR) is 93.0 cm³/mol. The van der Waals surface area contributed by atoms with Crippen molar-refractivity contribution in [2.24, 2.45) is 0 Å². The number of hydrogen-bond donors (Lipinski definition) is 1. The average Bonchev–Trinajstić information content (AvgIpc) is 3.24. The van der Waals surface area contributed by atoms with Gasteiger partial charge in [-0.25, -0.2) is 0 Å². The number of nitrogens with zero attached hydrogens (tertiary/aromatic N) is 1. The van der Waals surface area contributed by atoms with Crippen LogP contribution in [-0.2, 0) is 13.0 Å². The molecule has 0 radical (unpaired) electrons. The number of thioether (sulfide) groups is 1. The molecule has 3 rings (SSSR count). The van der Waals surface area contributed by atoms with E-state index in [9.17, 15) is 0 Å². The van der Waals surface area contributed by atoms with Crippen LogP contribution in [0.4, 0.5) is 0 Å². The third-order valence-corrected chi connectivity index (χ3v) is 5.58. The van der Waals surface area contributed by atoms with Crippen LogP contribution in [0.5, 0.6) is 0 Å². The highest BCUT2D eigenvalue weighted by Crippen LogP contribution is 2.25.